The molecule has 1 amide bonds. The van der Waals surface area contributed by atoms with E-state index in [4.69, 9.17) is 4.99 Å². The number of hydrogen-bond donors (Lipinski definition) is 2. The third-order valence-electron chi connectivity index (χ3n) is 5.95. The number of fused-ring (bicyclic) bond motifs is 1. The van der Waals surface area contributed by atoms with Crippen LogP contribution in [-0.2, 0) is 4.79 Å². The fourth-order valence-electron chi connectivity index (χ4n) is 4.17. The molecule has 0 unspecified atom stereocenters. The van der Waals surface area contributed by atoms with E-state index in [1.807, 2.05) is 60.7 Å². The van der Waals surface area contributed by atoms with E-state index >= 15 is 0 Å². The third-order valence-corrected chi connectivity index (χ3v) is 5.95. The summed E-state index contributed by atoms with van der Waals surface area (Å²) < 4.78 is 0. The smallest absolute Gasteiger partial charge is 0.270 e. The van der Waals surface area contributed by atoms with E-state index in [1.165, 1.54) is 12.1 Å². The second kappa shape index (κ2) is 9.26. The fourth-order valence-corrected chi connectivity index (χ4v) is 4.17. The van der Waals surface area contributed by atoms with Crippen LogP contribution in [0.4, 0.5) is 11.4 Å². The maximum Gasteiger partial charge on any atom is 0.270 e. The third kappa shape index (κ3) is 4.54. The summed E-state index contributed by atoms with van der Waals surface area (Å²) in [7, 11) is 0. The van der Waals surface area contributed by atoms with Crippen molar-refractivity contribution >= 4 is 40.0 Å². The molecule has 3 aromatic carbocycles. The molecule has 1 aliphatic heterocycles. The molecule has 0 bridgehead atoms. The molecule has 2 heterocycles. The number of aromatic nitrogens is 1. The summed E-state index contributed by atoms with van der Waals surface area (Å²) in [5.74, 6) is 0.0201. The predicted octanol–water partition coefficient (Wildman–Crippen LogP) is 5.54. The lowest BCUT2D eigenvalue weighted by atomic mass is 10.0. The molecule has 5 rings (SSSR count). The molecule has 0 spiro atoms. The number of nitrogens with zero attached hydrogens (tertiary/aromatic N) is 3. The van der Waals surface area contributed by atoms with E-state index in [-0.39, 0.29) is 17.5 Å². The molecule has 1 aliphatic rings. The summed E-state index contributed by atoms with van der Waals surface area (Å²) in [4.78, 5) is 32.1. The van der Waals surface area contributed by atoms with Gasteiger partial charge in [-0.3, -0.25) is 14.9 Å². The number of nitro groups is 1. The topological polar surface area (TPSA) is 112 Å². The molecule has 4 aromatic rings. The highest BCUT2D eigenvalue weighted by atomic mass is 16.6. The van der Waals surface area contributed by atoms with Crippen LogP contribution in [0.2, 0.25) is 0 Å². The standard InChI is InChI=1S/C27H22N4O4/c32-24-7-4-15-30(24)16-14-18-8-10-20(11-9-18)28-26(19-5-2-1-3-6-19)25-22-17-21(31(34)35)12-13-23(22)29-27(25)33/h1-3,5-6,8-14,16-17,29,33H,4,7,15H2/b16-14-,28-26?. The van der Waals surface area contributed by atoms with E-state index in [1.54, 1.807) is 17.2 Å². The van der Waals surface area contributed by atoms with Crippen molar-refractivity contribution in [2.24, 2.45) is 4.99 Å². The number of aliphatic imine (C=N–C) groups is 1. The number of aromatic amines is 1. The van der Waals surface area contributed by atoms with Gasteiger partial charge in [0.25, 0.3) is 5.69 Å². The maximum atomic E-state index is 11.8. The summed E-state index contributed by atoms with van der Waals surface area (Å²) in [6, 6.07) is 21.3. The van der Waals surface area contributed by atoms with Crippen LogP contribution < -0.4 is 0 Å². The first kappa shape index (κ1) is 22.1. The van der Waals surface area contributed by atoms with Crippen LogP contribution in [0.5, 0.6) is 5.88 Å². The zero-order valence-corrected chi connectivity index (χ0v) is 18.7. The summed E-state index contributed by atoms with van der Waals surface area (Å²) in [6.45, 7) is 0.740. The second-order valence-electron chi connectivity index (χ2n) is 8.26. The summed E-state index contributed by atoms with van der Waals surface area (Å²) in [5, 5.41) is 22.6. The van der Waals surface area contributed by atoms with Crippen molar-refractivity contribution in [3.63, 3.8) is 0 Å². The molecule has 0 radical (unpaired) electrons. The Kier molecular flexibility index (Phi) is 5.85. The Morgan fingerprint density at radius 1 is 1.09 bits per heavy atom. The van der Waals surface area contributed by atoms with Crippen LogP contribution in [0.1, 0.15) is 29.5 Å². The minimum Gasteiger partial charge on any atom is -0.494 e. The van der Waals surface area contributed by atoms with Gasteiger partial charge in [-0.25, -0.2) is 4.99 Å². The summed E-state index contributed by atoms with van der Waals surface area (Å²) in [6.07, 6.45) is 5.16. The molecule has 0 aliphatic carbocycles. The van der Waals surface area contributed by atoms with E-state index in [2.05, 4.69) is 4.98 Å². The number of nitrogens with one attached hydrogen (secondary N) is 1. The van der Waals surface area contributed by atoms with Gasteiger partial charge >= 0.3 is 0 Å². The quantitative estimate of drug-likeness (QED) is 0.221. The van der Waals surface area contributed by atoms with Gasteiger partial charge < -0.3 is 15.0 Å². The highest BCUT2D eigenvalue weighted by Crippen LogP contribution is 2.33. The normalized spacial score (nSPS) is 14.3. The lowest BCUT2D eigenvalue weighted by Crippen LogP contribution is -2.16. The van der Waals surface area contributed by atoms with Crippen molar-refractivity contribution in [2.45, 2.75) is 12.8 Å². The molecule has 1 aromatic heterocycles. The molecule has 2 N–H and O–H groups in total. The van der Waals surface area contributed by atoms with Gasteiger partial charge in [0.2, 0.25) is 5.91 Å². The molecule has 8 heteroatoms. The minimum absolute atomic E-state index is 0.0715. The number of nitro benzene ring substituents is 1. The van der Waals surface area contributed by atoms with Gasteiger partial charge in [-0.15, -0.1) is 0 Å². The molecule has 0 saturated carbocycles. The van der Waals surface area contributed by atoms with Crippen molar-refractivity contribution in [1.29, 1.82) is 0 Å². The molecule has 35 heavy (non-hydrogen) atoms. The number of likely N-dealkylation sites (tertiary alicyclic amines) is 1. The molecular weight excluding hydrogens is 444 g/mol. The number of carbonyl (C=O) groups is 1. The largest absolute Gasteiger partial charge is 0.494 e. The van der Waals surface area contributed by atoms with Crippen molar-refractivity contribution in [2.75, 3.05) is 6.54 Å². The SMILES string of the molecule is O=C1CCCN1/C=C\c1ccc(N=C(c2ccccc2)c2c(O)[nH]c3ccc([N+](=O)[O-])cc23)cc1. The number of amides is 1. The van der Waals surface area contributed by atoms with Crippen LogP contribution in [0.15, 0.2) is 84.0 Å². The summed E-state index contributed by atoms with van der Waals surface area (Å²) >= 11 is 0. The number of benzene rings is 3. The Hall–Kier alpha value is -4.72. The van der Waals surface area contributed by atoms with Crippen molar-refractivity contribution < 1.29 is 14.8 Å². The molecule has 1 fully saturated rings. The van der Waals surface area contributed by atoms with Gasteiger partial charge in [0, 0.05) is 47.8 Å². The van der Waals surface area contributed by atoms with Crippen LogP contribution in [0, 0.1) is 10.1 Å². The van der Waals surface area contributed by atoms with Crippen molar-refractivity contribution in [1.82, 2.24) is 9.88 Å². The van der Waals surface area contributed by atoms with Crippen molar-refractivity contribution in [3.8, 4) is 5.88 Å². The Bertz CT molecular complexity index is 1470. The molecular formula is C27H22N4O4. The van der Waals surface area contributed by atoms with E-state index in [0.717, 1.165) is 24.1 Å². The first-order valence-electron chi connectivity index (χ1n) is 11.2. The highest BCUT2D eigenvalue weighted by molar-refractivity contribution is 6.22. The Morgan fingerprint density at radius 2 is 1.86 bits per heavy atom. The van der Waals surface area contributed by atoms with Crippen LogP contribution >= 0.6 is 0 Å². The van der Waals surface area contributed by atoms with Gasteiger partial charge in [-0.2, -0.15) is 0 Å². The molecule has 8 nitrogen and oxygen atoms in total. The number of rotatable bonds is 6. The monoisotopic (exact) mass is 466 g/mol. The van der Waals surface area contributed by atoms with Gasteiger partial charge in [-0.1, -0.05) is 42.5 Å². The predicted molar refractivity (Wildman–Crippen MR) is 135 cm³/mol. The average molecular weight is 466 g/mol. The number of hydrogen-bond acceptors (Lipinski definition) is 5. The molecule has 1 saturated heterocycles. The van der Waals surface area contributed by atoms with Crippen molar-refractivity contribution in [3.05, 3.63) is 106 Å². The lowest BCUT2D eigenvalue weighted by Gasteiger charge is -2.09. The van der Waals surface area contributed by atoms with Gasteiger partial charge in [0.1, 0.15) is 0 Å². The number of non-ortho nitro benzene ring substituents is 1. The first-order valence-corrected chi connectivity index (χ1v) is 11.2. The fraction of sp³-hybridized carbons (Fsp3) is 0.111. The lowest BCUT2D eigenvalue weighted by molar-refractivity contribution is -0.384. The van der Waals surface area contributed by atoms with Gasteiger partial charge in [-0.05, 0) is 36.3 Å². The number of H-pyrrole nitrogens is 1. The summed E-state index contributed by atoms with van der Waals surface area (Å²) in [5.41, 5.74) is 3.72. The Labute approximate surface area is 201 Å². The average Bonchev–Trinajstić information content (AvgIpc) is 3.43. The number of carbonyl (C=O) groups excluding carboxylic acids is 1. The number of aromatic hydroxyl groups is 1. The zero-order chi connectivity index (χ0) is 24.4. The van der Waals surface area contributed by atoms with Gasteiger partial charge in [0.05, 0.1) is 21.9 Å². The molecule has 174 valence electrons. The van der Waals surface area contributed by atoms with Crippen LogP contribution in [0.25, 0.3) is 17.0 Å². The van der Waals surface area contributed by atoms with Gasteiger partial charge in [0.15, 0.2) is 5.88 Å². The Balaban J connectivity index is 1.56. The maximum absolute atomic E-state index is 11.8. The Morgan fingerprint density at radius 3 is 2.54 bits per heavy atom. The van der Waals surface area contributed by atoms with Crippen LogP contribution in [-0.4, -0.2) is 38.1 Å². The van der Waals surface area contributed by atoms with E-state index in [0.29, 0.717) is 34.3 Å². The minimum atomic E-state index is -0.464. The zero-order valence-electron chi connectivity index (χ0n) is 18.7. The van der Waals surface area contributed by atoms with E-state index in [9.17, 15) is 20.0 Å². The second-order valence-corrected chi connectivity index (χ2v) is 8.26. The highest BCUT2D eigenvalue weighted by Gasteiger charge is 2.21. The van der Waals surface area contributed by atoms with Crippen LogP contribution in [0.3, 0.4) is 0 Å². The molecule has 0 atom stereocenters. The first-order chi connectivity index (χ1) is 17.0. The van der Waals surface area contributed by atoms with E-state index < -0.39 is 4.92 Å².